The molecule has 1 aromatic carbocycles. The zero-order valence-electron chi connectivity index (χ0n) is 13.2. The van der Waals surface area contributed by atoms with Crippen LogP contribution < -0.4 is 9.47 Å². The smallest absolute Gasteiger partial charge is 0.222 e. The Morgan fingerprint density at radius 3 is 2.87 bits per heavy atom. The highest BCUT2D eigenvalue weighted by Gasteiger charge is 2.23. The fourth-order valence-electron chi connectivity index (χ4n) is 2.62. The largest absolute Gasteiger partial charge is 0.486 e. The normalized spacial score (nSPS) is 16.1. The van der Waals surface area contributed by atoms with E-state index in [0.717, 1.165) is 24.3 Å². The predicted molar refractivity (Wildman–Crippen MR) is 91.2 cm³/mol. The molecule has 0 saturated carbocycles. The van der Waals surface area contributed by atoms with Crippen LogP contribution in [-0.4, -0.2) is 37.1 Å². The highest BCUT2D eigenvalue weighted by atomic mass is 32.1. The van der Waals surface area contributed by atoms with Gasteiger partial charge in [-0.1, -0.05) is 18.2 Å². The molecule has 23 heavy (non-hydrogen) atoms. The number of rotatable bonds is 6. The van der Waals surface area contributed by atoms with Crippen molar-refractivity contribution in [2.75, 3.05) is 20.2 Å². The van der Waals surface area contributed by atoms with E-state index in [4.69, 9.17) is 9.47 Å². The van der Waals surface area contributed by atoms with Gasteiger partial charge < -0.3 is 14.4 Å². The molecule has 1 atom stereocenters. The van der Waals surface area contributed by atoms with Crippen LogP contribution in [0.5, 0.6) is 11.5 Å². The second kappa shape index (κ2) is 7.51. The molecule has 0 saturated heterocycles. The van der Waals surface area contributed by atoms with E-state index >= 15 is 0 Å². The molecule has 5 heteroatoms. The van der Waals surface area contributed by atoms with E-state index in [1.165, 1.54) is 4.88 Å². The maximum absolute atomic E-state index is 12.2. The summed E-state index contributed by atoms with van der Waals surface area (Å²) in [5.41, 5.74) is 0. The van der Waals surface area contributed by atoms with Gasteiger partial charge in [-0.2, -0.15) is 0 Å². The SMILES string of the molecule is CN(C[C@@H]1COc2ccccc2O1)C(=O)CCCc1cccs1. The first kappa shape index (κ1) is 15.9. The molecule has 1 aliphatic rings. The summed E-state index contributed by atoms with van der Waals surface area (Å²) < 4.78 is 11.6. The number of carbonyl (C=O) groups is 1. The zero-order valence-corrected chi connectivity index (χ0v) is 14.1. The molecule has 0 fully saturated rings. The van der Waals surface area contributed by atoms with Gasteiger partial charge in [0.2, 0.25) is 5.91 Å². The van der Waals surface area contributed by atoms with E-state index in [1.807, 2.05) is 37.4 Å². The van der Waals surface area contributed by atoms with Crippen LogP contribution in [0.3, 0.4) is 0 Å². The maximum Gasteiger partial charge on any atom is 0.222 e. The summed E-state index contributed by atoms with van der Waals surface area (Å²) in [6.07, 6.45) is 2.30. The van der Waals surface area contributed by atoms with Gasteiger partial charge in [0, 0.05) is 18.3 Å². The molecular weight excluding hydrogens is 310 g/mol. The van der Waals surface area contributed by atoms with Crippen molar-refractivity contribution in [2.24, 2.45) is 0 Å². The number of hydrogen-bond acceptors (Lipinski definition) is 4. The number of likely N-dealkylation sites (N-methyl/N-ethyl adjacent to an activating group) is 1. The lowest BCUT2D eigenvalue weighted by Gasteiger charge is -2.29. The average Bonchev–Trinajstić information content (AvgIpc) is 3.08. The topological polar surface area (TPSA) is 38.8 Å². The van der Waals surface area contributed by atoms with Crippen molar-refractivity contribution < 1.29 is 14.3 Å². The van der Waals surface area contributed by atoms with Crippen LogP contribution in [-0.2, 0) is 11.2 Å². The summed E-state index contributed by atoms with van der Waals surface area (Å²) in [5, 5.41) is 2.07. The lowest BCUT2D eigenvalue weighted by atomic mass is 10.2. The Morgan fingerprint density at radius 2 is 2.09 bits per heavy atom. The second-order valence-electron chi connectivity index (χ2n) is 5.70. The van der Waals surface area contributed by atoms with Crippen LogP contribution in [0.4, 0.5) is 0 Å². The van der Waals surface area contributed by atoms with Gasteiger partial charge >= 0.3 is 0 Å². The number of benzene rings is 1. The van der Waals surface area contributed by atoms with Gasteiger partial charge in [0.15, 0.2) is 17.6 Å². The number of ether oxygens (including phenoxy) is 2. The molecule has 1 amide bonds. The van der Waals surface area contributed by atoms with E-state index < -0.39 is 0 Å². The zero-order chi connectivity index (χ0) is 16.1. The number of para-hydroxylation sites is 2. The van der Waals surface area contributed by atoms with Crippen LogP contribution in [0.2, 0.25) is 0 Å². The molecule has 0 aliphatic carbocycles. The highest BCUT2D eigenvalue weighted by molar-refractivity contribution is 7.09. The lowest BCUT2D eigenvalue weighted by Crippen LogP contribution is -2.41. The molecule has 0 radical (unpaired) electrons. The highest BCUT2D eigenvalue weighted by Crippen LogP contribution is 2.30. The van der Waals surface area contributed by atoms with Crippen molar-refractivity contribution in [3.8, 4) is 11.5 Å². The number of aryl methyl sites for hydroxylation is 1. The number of carbonyl (C=O) groups excluding carboxylic acids is 1. The van der Waals surface area contributed by atoms with Crippen molar-refractivity contribution in [2.45, 2.75) is 25.4 Å². The molecule has 2 heterocycles. The molecule has 0 spiro atoms. The van der Waals surface area contributed by atoms with Gasteiger partial charge in [-0.3, -0.25) is 4.79 Å². The monoisotopic (exact) mass is 331 g/mol. The summed E-state index contributed by atoms with van der Waals surface area (Å²) in [6.45, 7) is 1.02. The Balaban J connectivity index is 1.43. The number of amides is 1. The standard InChI is InChI=1S/C18H21NO3S/c1-19(18(20)10-4-6-15-7-5-11-23-15)12-14-13-21-16-8-2-3-9-17(16)22-14/h2-3,5,7-9,11,14H,4,6,10,12-13H2,1H3/t14-/m1/s1. The summed E-state index contributed by atoms with van der Waals surface area (Å²) in [7, 11) is 1.83. The van der Waals surface area contributed by atoms with Gasteiger partial charge in [0.05, 0.1) is 6.54 Å². The number of nitrogens with zero attached hydrogens (tertiary/aromatic N) is 1. The van der Waals surface area contributed by atoms with Gasteiger partial charge in [0.25, 0.3) is 0 Å². The third-order valence-electron chi connectivity index (χ3n) is 3.86. The Morgan fingerprint density at radius 1 is 1.26 bits per heavy atom. The maximum atomic E-state index is 12.2. The fraction of sp³-hybridized carbons (Fsp3) is 0.389. The Hall–Kier alpha value is -2.01. The van der Waals surface area contributed by atoms with E-state index in [0.29, 0.717) is 19.6 Å². The summed E-state index contributed by atoms with van der Waals surface area (Å²) in [6, 6.07) is 11.8. The molecule has 1 aromatic heterocycles. The lowest BCUT2D eigenvalue weighted by molar-refractivity contribution is -0.131. The van der Waals surface area contributed by atoms with Crippen molar-refractivity contribution in [3.05, 3.63) is 46.7 Å². The molecular formula is C18H21NO3S. The fourth-order valence-corrected chi connectivity index (χ4v) is 3.37. The molecule has 1 aliphatic heterocycles. The van der Waals surface area contributed by atoms with Crippen LogP contribution in [0, 0.1) is 0 Å². The van der Waals surface area contributed by atoms with Gasteiger partial charge in [-0.25, -0.2) is 0 Å². The molecule has 122 valence electrons. The minimum Gasteiger partial charge on any atom is -0.486 e. The molecule has 0 bridgehead atoms. The minimum absolute atomic E-state index is 0.115. The van der Waals surface area contributed by atoms with Gasteiger partial charge in [0.1, 0.15) is 6.61 Å². The van der Waals surface area contributed by atoms with Crippen LogP contribution in [0.15, 0.2) is 41.8 Å². The number of hydrogen-bond donors (Lipinski definition) is 0. The first-order valence-electron chi connectivity index (χ1n) is 7.87. The van der Waals surface area contributed by atoms with Crippen LogP contribution >= 0.6 is 11.3 Å². The quantitative estimate of drug-likeness (QED) is 0.815. The van der Waals surface area contributed by atoms with Crippen molar-refractivity contribution in [3.63, 3.8) is 0 Å². The summed E-state index contributed by atoms with van der Waals surface area (Å²) in [4.78, 5) is 15.3. The first-order chi connectivity index (χ1) is 11.2. The van der Waals surface area contributed by atoms with Crippen molar-refractivity contribution in [1.29, 1.82) is 0 Å². The molecule has 0 unspecified atom stereocenters. The van der Waals surface area contributed by atoms with Crippen LogP contribution in [0.1, 0.15) is 17.7 Å². The minimum atomic E-state index is -0.115. The van der Waals surface area contributed by atoms with Crippen molar-refractivity contribution in [1.82, 2.24) is 4.90 Å². The third-order valence-corrected chi connectivity index (χ3v) is 4.80. The first-order valence-corrected chi connectivity index (χ1v) is 8.75. The molecule has 4 nitrogen and oxygen atoms in total. The summed E-state index contributed by atoms with van der Waals surface area (Å²) >= 11 is 1.74. The predicted octanol–water partition coefficient (Wildman–Crippen LogP) is 3.37. The Kier molecular flexibility index (Phi) is 5.18. The van der Waals surface area contributed by atoms with E-state index in [1.54, 1.807) is 16.2 Å². The van der Waals surface area contributed by atoms with E-state index in [2.05, 4.69) is 11.4 Å². The average molecular weight is 331 g/mol. The molecule has 0 N–H and O–H groups in total. The third kappa shape index (κ3) is 4.26. The van der Waals surface area contributed by atoms with E-state index in [9.17, 15) is 4.79 Å². The Labute approximate surface area is 140 Å². The van der Waals surface area contributed by atoms with Crippen LogP contribution in [0.25, 0.3) is 0 Å². The number of thiophene rings is 1. The summed E-state index contributed by atoms with van der Waals surface area (Å²) in [5.74, 6) is 1.68. The van der Waals surface area contributed by atoms with Crippen molar-refractivity contribution >= 4 is 17.2 Å². The Bertz CT molecular complexity index is 641. The molecule has 2 aromatic rings. The van der Waals surface area contributed by atoms with E-state index in [-0.39, 0.29) is 12.0 Å². The van der Waals surface area contributed by atoms with Gasteiger partial charge in [-0.05, 0) is 36.4 Å². The molecule has 3 rings (SSSR count). The number of fused-ring (bicyclic) bond motifs is 1. The second-order valence-corrected chi connectivity index (χ2v) is 6.74. The van der Waals surface area contributed by atoms with Gasteiger partial charge in [-0.15, -0.1) is 11.3 Å².